The van der Waals surface area contributed by atoms with Crippen LogP contribution in [-0.4, -0.2) is 54.1 Å². The van der Waals surface area contributed by atoms with Crippen LogP contribution >= 0.6 is 0 Å². The normalized spacial score (nSPS) is 16.9. The second kappa shape index (κ2) is 10.1. The summed E-state index contributed by atoms with van der Waals surface area (Å²) < 4.78 is 5.35. The van der Waals surface area contributed by atoms with Crippen molar-refractivity contribution in [3.05, 3.63) is 59.7 Å². The average molecular weight is 479 g/mol. The molecule has 2 fully saturated rings. The third-order valence-electron chi connectivity index (χ3n) is 6.10. The Labute approximate surface area is 206 Å². The van der Waals surface area contributed by atoms with Crippen molar-refractivity contribution in [3.8, 4) is 0 Å². The summed E-state index contributed by atoms with van der Waals surface area (Å²) in [6, 6.07) is 13.5. The maximum absolute atomic E-state index is 12.7. The first-order valence-corrected chi connectivity index (χ1v) is 12.1. The van der Waals surface area contributed by atoms with E-state index in [0.717, 1.165) is 24.3 Å². The number of urea groups is 1. The van der Waals surface area contributed by atoms with E-state index >= 15 is 0 Å². The molecule has 8 nitrogen and oxygen atoms in total. The number of benzene rings is 2. The molecule has 1 saturated carbocycles. The lowest BCUT2D eigenvalue weighted by Crippen LogP contribution is -2.37. The SMILES string of the molecule is CC(C)(C)OC(=O)c1ccc(NC(=O)C(N)Cc2ccc(N3CCN(CC4CC4)C3=O)cc2)cc1. The topological polar surface area (TPSA) is 105 Å². The monoisotopic (exact) mass is 478 g/mol. The van der Waals surface area contributed by atoms with Crippen LogP contribution in [0.1, 0.15) is 49.5 Å². The zero-order chi connectivity index (χ0) is 25.2. The number of ether oxygens (including phenoxy) is 1. The molecule has 1 saturated heterocycles. The summed E-state index contributed by atoms with van der Waals surface area (Å²) >= 11 is 0. The van der Waals surface area contributed by atoms with Crippen LogP contribution in [0, 0.1) is 5.92 Å². The first-order valence-electron chi connectivity index (χ1n) is 12.1. The predicted molar refractivity (Wildman–Crippen MR) is 135 cm³/mol. The molecule has 1 aliphatic heterocycles. The fourth-order valence-electron chi connectivity index (χ4n) is 4.02. The van der Waals surface area contributed by atoms with Gasteiger partial charge >= 0.3 is 12.0 Å². The fourth-order valence-corrected chi connectivity index (χ4v) is 4.02. The van der Waals surface area contributed by atoms with Gasteiger partial charge in [-0.15, -0.1) is 0 Å². The van der Waals surface area contributed by atoms with Crippen molar-refractivity contribution < 1.29 is 19.1 Å². The van der Waals surface area contributed by atoms with Gasteiger partial charge in [-0.1, -0.05) is 12.1 Å². The number of rotatable bonds is 8. The minimum atomic E-state index is -0.742. The standard InChI is InChI=1S/C27H34N4O4/c1-27(2,3)35-25(33)20-8-10-21(11-9-20)29-24(32)23(28)16-18-6-12-22(13-7-18)31-15-14-30(26(31)34)17-19-4-5-19/h6-13,19,23H,4-5,14-17,28H2,1-3H3,(H,29,32). The van der Waals surface area contributed by atoms with Crippen molar-refractivity contribution >= 4 is 29.3 Å². The molecular formula is C27H34N4O4. The van der Waals surface area contributed by atoms with E-state index in [9.17, 15) is 14.4 Å². The number of hydrogen-bond acceptors (Lipinski definition) is 5. The van der Waals surface area contributed by atoms with Gasteiger partial charge in [0, 0.05) is 31.0 Å². The zero-order valence-corrected chi connectivity index (χ0v) is 20.6. The Morgan fingerprint density at radius 1 is 1.06 bits per heavy atom. The summed E-state index contributed by atoms with van der Waals surface area (Å²) in [5.41, 5.74) is 8.31. The van der Waals surface area contributed by atoms with E-state index in [-0.39, 0.29) is 11.9 Å². The summed E-state index contributed by atoms with van der Waals surface area (Å²) in [7, 11) is 0. The van der Waals surface area contributed by atoms with Crippen molar-refractivity contribution in [2.24, 2.45) is 11.7 Å². The van der Waals surface area contributed by atoms with Crippen molar-refractivity contribution in [2.75, 3.05) is 29.9 Å². The van der Waals surface area contributed by atoms with Gasteiger partial charge in [0.1, 0.15) is 5.60 Å². The Morgan fingerprint density at radius 2 is 1.71 bits per heavy atom. The molecule has 8 heteroatoms. The number of carbonyl (C=O) groups is 3. The van der Waals surface area contributed by atoms with Crippen molar-refractivity contribution in [1.82, 2.24) is 4.90 Å². The summed E-state index contributed by atoms with van der Waals surface area (Å²) in [5, 5.41) is 2.79. The molecule has 1 atom stereocenters. The number of esters is 1. The van der Waals surface area contributed by atoms with Crippen LogP contribution in [0.4, 0.5) is 16.2 Å². The number of nitrogens with two attached hydrogens (primary N) is 1. The van der Waals surface area contributed by atoms with Gasteiger partial charge in [-0.3, -0.25) is 9.69 Å². The molecule has 4 rings (SSSR count). The van der Waals surface area contributed by atoms with Crippen LogP contribution in [0.3, 0.4) is 0 Å². The second-order valence-corrected chi connectivity index (χ2v) is 10.4. The molecule has 35 heavy (non-hydrogen) atoms. The molecule has 2 aromatic carbocycles. The Balaban J connectivity index is 1.28. The van der Waals surface area contributed by atoms with Gasteiger partial charge in [-0.25, -0.2) is 9.59 Å². The third-order valence-corrected chi connectivity index (χ3v) is 6.10. The van der Waals surface area contributed by atoms with Gasteiger partial charge in [0.15, 0.2) is 0 Å². The highest BCUT2D eigenvalue weighted by Crippen LogP contribution is 2.31. The van der Waals surface area contributed by atoms with E-state index in [0.29, 0.717) is 30.1 Å². The quantitative estimate of drug-likeness (QED) is 0.562. The molecular weight excluding hydrogens is 444 g/mol. The highest BCUT2D eigenvalue weighted by Gasteiger charge is 2.34. The van der Waals surface area contributed by atoms with Crippen LogP contribution < -0.4 is 16.0 Å². The highest BCUT2D eigenvalue weighted by molar-refractivity contribution is 5.96. The van der Waals surface area contributed by atoms with Gasteiger partial charge in [0.2, 0.25) is 5.91 Å². The number of anilines is 2. The minimum absolute atomic E-state index is 0.0680. The lowest BCUT2D eigenvalue weighted by Gasteiger charge is -2.19. The zero-order valence-electron chi connectivity index (χ0n) is 20.6. The fraction of sp³-hybridized carbons (Fsp3) is 0.444. The van der Waals surface area contributed by atoms with Crippen LogP contribution in [0.25, 0.3) is 0 Å². The molecule has 2 aliphatic rings. The molecule has 3 N–H and O–H groups in total. The molecule has 1 unspecified atom stereocenters. The summed E-state index contributed by atoms with van der Waals surface area (Å²) in [5.74, 6) is -0.0527. The number of amides is 3. The Bertz CT molecular complexity index is 1070. The maximum atomic E-state index is 12.7. The second-order valence-electron chi connectivity index (χ2n) is 10.4. The van der Waals surface area contributed by atoms with Crippen LogP contribution in [0.5, 0.6) is 0 Å². The van der Waals surface area contributed by atoms with Crippen molar-refractivity contribution in [2.45, 2.75) is 51.7 Å². The summed E-state index contributed by atoms with van der Waals surface area (Å²) in [6.45, 7) is 7.75. The number of nitrogens with zero attached hydrogens (tertiary/aromatic N) is 2. The molecule has 2 aromatic rings. The lowest BCUT2D eigenvalue weighted by atomic mass is 10.1. The first kappa shape index (κ1) is 24.7. The van der Waals surface area contributed by atoms with Crippen LogP contribution in [0.2, 0.25) is 0 Å². The Morgan fingerprint density at radius 3 is 2.31 bits per heavy atom. The van der Waals surface area contributed by atoms with Gasteiger partial charge in [0.25, 0.3) is 0 Å². The molecule has 0 aromatic heterocycles. The summed E-state index contributed by atoms with van der Waals surface area (Å²) in [4.78, 5) is 41.1. The average Bonchev–Trinajstić information content (AvgIpc) is 3.55. The maximum Gasteiger partial charge on any atom is 0.338 e. The van der Waals surface area contributed by atoms with E-state index < -0.39 is 17.6 Å². The third kappa shape index (κ3) is 6.60. The minimum Gasteiger partial charge on any atom is -0.456 e. The Hall–Kier alpha value is -3.39. The molecule has 186 valence electrons. The number of nitrogens with one attached hydrogen (secondary N) is 1. The molecule has 1 aliphatic carbocycles. The molecule has 3 amide bonds. The number of hydrogen-bond donors (Lipinski definition) is 2. The van der Waals surface area contributed by atoms with E-state index in [1.807, 2.05) is 49.9 Å². The van der Waals surface area contributed by atoms with E-state index in [1.54, 1.807) is 29.2 Å². The van der Waals surface area contributed by atoms with Crippen molar-refractivity contribution in [1.29, 1.82) is 0 Å². The lowest BCUT2D eigenvalue weighted by molar-refractivity contribution is -0.117. The van der Waals surface area contributed by atoms with Crippen LogP contribution in [0.15, 0.2) is 48.5 Å². The van der Waals surface area contributed by atoms with Gasteiger partial charge in [-0.05, 0) is 87.9 Å². The molecule has 0 radical (unpaired) electrons. The highest BCUT2D eigenvalue weighted by atomic mass is 16.6. The van der Waals surface area contributed by atoms with Gasteiger partial charge in [-0.2, -0.15) is 0 Å². The molecule has 1 heterocycles. The Kier molecular flexibility index (Phi) is 7.12. The smallest absolute Gasteiger partial charge is 0.338 e. The molecule has 0 spiro atoms. The van der Waals surface area contributed by atoms with E-state index in [2.05, 4.69) is 5.32 Å². The largest absolute Gasteiger partial charge is 0.456 e. The van der Waals surface area contributed by atoms with Gasteiger partial charge < -0.3 is 20.7 Å². The summed E-state index contributed by atoms with van der Waals surface area (Å²) in [6.07, 6.45) is 2.82. The van der Waals surface area contributed by atoms with E-state index in [4.69, 9.17) is 10.5 Å². The number of carbonyl (C=O) groups excluding carboxylic acids is 3. The van der Waals surface area contributed by atoms with Crippen LogP contribution in [-0.2, 0) is 16.0 Å². The predicted octanol–water partition coefficient (Wildman–Crippen LogP) is 3.80. The molecule has 0 bridgehead atoms. The van der Waals surface area contributed by atoms with Crippen molar-refractivity contribution in [3.63, 3.8) is 0 Å². The first-order chi connectivity index (χ1) is 16.6. The van der Waals surface area contributed by atoms with Gasteiger partial charge in [0.05, 0.1) is 11.6 Å². The van der Waals surface area contributed by atoms with E-state index in [1.165, 1.54) is 12.8 Å².